The number of furan rings is 1. The van der Waals surface area contributed by atoms with E-state index in [1.807, 2.05) is 0 Å². The van der Waals surface area contributed by atoms with Crippen molar-refractivity contribution in [3.63, 3.8) is 0 Å². The summed E-state index contributed by atoms with van der Waals surface area (Å²) in [6.45, 7) is 3.72. The summed E-state index contributed by atoms with van der Waals surface area (Å²) >= 11 is 6.04. The van der Waals surface area contributed by atoms with Gasteiger partial charge in [0.25, 0.3) is 5.56 Å². The lowest BCUT2D eigenvalue weighted by Gasteiger charge is -2.19. The van der Waals surface area contributed by atoms with Gasteiger partial charge in [-0.05, 0) is 44.2 Å². The van der Waals surface area contributed by atoms with Gasteiger partial charge in [0.2, 0.25) is 5.91 Å². The standard InChI is InChI=1S/C18H18ClN3O4/c1-3-21-17(24)14-7-6-12(19)9-15(14)22(18(21)25)11(2)16(23)20-10-13-5-4-8-26-13/h4-9,11H,3,10H2,1-2H3,(H,20,23)/t11-/m1/s1. The minimum atomic E-state index is -0.836. The summed E-state index contributed by atoms with van der Waals surface area (Å²) in [5.41, 5.74) is -0.616. The SMILES string of the molecule is CCn1c(=O)c2ccc(Cl)cc2n([C@H](C)C(=O)NCc2ccco2)c1=O. The monoisotopic (exact) mass is 375 g/mol. The van der Waals surface area contributed by atoms with Gasteiger partial charge in [0.15, 0.2) is 0 Å². The fourth-order valence-corrected chi connectivity index (χ4v) is 3.02. The average molecular weight is 376 g/mol. The Balaban J connectivity index is 2.07. The molecule has 0 aliphatic carbocycles. The zero-order valence-corrected chi connectivity index (χ0v) is 15.1. The van der Waals surface area contributed by atoms with Crippen molar-refractivity contribution in [3.05, 3.63) is 68.2 Å². The summed E-state index contributed by atoms with van der Waals surface area (Å²) in [6, 6.07) is 7.30. The van der Waals surface area contributed by atoms with E-state index in [1.165, 1.54) is 16.9 Å². The van der Waals surface area contributed by atoms with Crippen molar-refractivity contribution in [3.8, 4) is 0 Å². The Hall–Kier alpha value is -2.80. The van der Waals surface area contributed by atoms with Gasteiger partial charge in [0.1, 0.15) is 11.8 Å². The summed E-state index contributed by atoms with van der Waals surface area (Å²) in [4.78, 5) is 37.9. The molecule has 0 fully saturated rings. The number of fused-ring (bicyclic) bond motifs is 1. The molecule has 0 saturated carbocycles. The van der Waals surface area contributed by atoms with Crippen LogP contribution in [0.1, 0.15) is 25.6 Å². The van der Waals surface area contributed by atoms with Crippen molar-refractivity contribution in [2.45, 2.75) is 33.0 Å². The van der Waals surface area contributed by atoms with Crippen molar-refractivity contribution >= 4 is 28.4 Å². The summed E-state index contributed by atoms with van der Waals surface area (Å²) in [5.74, 6) is 0.232. The van der Waals surface area contributed by atoms with E-state index >= 15 is 0 Å². The van der Waals surface area contributed by atoms with E-state index in [1.54, 1.807) is 38.1 Å². The highest BCUT2D eigenvalue weighted by molar-refractivity contribution is 6.31. The summed E-state index contributed by atoms with van der Waals surface area (Å²) in [6.07, 6.45) is 1.52. The highest BCUT2D eigenvalue weighted by atomic mass is 35.5. The van der Waals surface area contributed by atoms with Crippen LogP contribution in [0.25, 0.3) is 10.9 Å². The zero-order chi connectivity index (χ0) is 18.8. The fourth-order valence-electron chi connectivity index (χ4n) is 2.86. The van der Waals surface area contributed by atoms with Gasteiger partial charge in [0, 0.05) is 11.6 Å². The molecule has 26 heavy (non-hydrogen) atoms. The van der Waals surface area contributed by atoms with E-state index in [0.29, 0.717) is 21.7 Å². The predicted molar refractivity (Wildman–Crippen MR) is 98.4 cm³/mol. The van der Waals surface area contributed by atoms with E-state index in [9.17, 15) is 14.4 Å². The number of nitrogens with one attached hydrogen (secondary N) is 1. The van der Waals surface area contributed by atoms with Crippen LogP contribution in [0.2, 0.25) is 5.02 Å². The molecule has 7 nitrogen and oxygen atoms in total. The van der Waals surface area contributed by atoms with Gasteiger partial charge in [-0.3, -0.25) is 18.7 Å². The van der Waals surface area contributed by atoms with Crippen molar-refractivity contribution in [2.75, 3.05) is 0 Å². The topological polar surface area (TPSA) is 86.2 Å². The first-order chi connectivity index (χ1) is 12.4. The molecule has 1 N–H and O–H groups in total. The molecule has 3 aromatic rings. The number of rotatable bonds is 5. The molecule has 1 aromatic carbocycles. The molecule has 1 atom stereocenters. The second kappa shape index (κ2) is 7.21. The van der Waals surface area contributed by atoms with Crippen LogP contribution in [-0.2, 0) is 17.9 Å². The van der Waals surface area contributed by atoms with Crippen LogP contribution in [0.15, 0.2) is 50.6 Å². The lowest BCUT2D eigenvalue weighted by atomic mass is 10.2. The molecule has 136 valence electrons. The van der Waals surface area contributed by atoms with Gasteiger partial charge in [0.05, 0.1) is 23.7 Å². The number of hydrogen-bond acceptors (Lipinski definition) is 4. The molecule has 0 bridgehead atoms. The Morgan fingerprint density at radius 2 is 2.08 bits per heavy atom. The molecule has 1 amide bonds. The number of benzene rings is 1. The Bertz CT molecular complexity index is 1070. The molecule has 0 spiro atoms. The maximum Gasteiger partial charge on any atom is 0.332 e. The molecule has 0 saturated heterocycles. The van der Waals surface area contributed by atoms with Crippen molar-refractivity contribution in [1.29, 1.82) is 0 Å². The van der Waals surface area contributed by atoms with E-state index in [-0.39, 0.29) is 19.0 Å². The predicted octanol–water partition coefficient (Wildman–Crippen LogP) is 2.31. The number of carbonyl (C=O) groups excluding carboxylic acids is 1. The molecular weight excluding hydrogens is 358 g/mol. The first-order valence-electron chi connectivity index (χ1n) is 8.18. The Labute approximate surface area is 153 Å². The van der Waals surface area contributed by atoms with Crippen molar-refractivity contribution in [2.24, 2.45) is 0 Å². The van der Waals surface area contributed by atoms with E-state index in [2.05, 4.69) is 5.32 Å². The minimum Gasteiger partial charge on any atom is -0.467 e. The maximum atomic E-state index is 12.8. The molecule has 2 heterocycles. The molecule has 0 aliphatic heterocycles. The first kappa shape index (κ1) is 18.0. The average Bonchev–Trinajstić information content (AvgIpc) is 3.13. The second-order valence-electron chi connectivity index (χ2n) is 5.84. The van der Waals surface area contributed by atoms with Gasteiger partial charge in [-0.15, -0.1) is 0 Å². The van der Waals surface area contributed by atoms with E-state index < -0.39 is 17.3 Å². The van der Waals surface area contributed by atoms with Crippen LogP contribution >= 0.6 is 11.6 Å². The Morgan fingerprint density at radius 1 is 1.31 bits per heavy atom. The van der Waals surface area contributed by atoms with Crippen molar-refractivity contribution in [1.82, 2.24) is 14.5 Å². The molecule has 0 aliphatic rings. The van der Waals surface area contributed by atoms with E-state index in [0.717, 1.165) is 4.57 Å². The Morgan fingerprint density at radius 3 is 2.73 bits per heavy atom. The highest BCUT2D eigenvalue weighted by Gasteiger charge is 2.22. The third-order valence-electron chi connectivity index (χ3n) is 4.23. The number of halogens is 1. The zero-order valence-electron chi connectivity index (χ0n) is 14.4. The highest BCUT2D eigenvalue weighted by Crippen LogP contribution is 2.18. The number of hydrogen-bond donors (Lipinski definition) is 1. The van der Waals surface area contributed by atoms with Crippen LogP contribution in [0, 0.1) is 0 Å². The van der Waals surface area contributed by atoms with Crippen LogP contribution in [0.3, 0.4) is 0 Å². The lowest BCUT2D eigenvalue weighted by molar-refractivity contribution is -0.124. The Kier molecular flexibility index (Phi) is 4.99. The third kappa shape index (κ3) is 3.17. The lowest BCUT2D eigenvalue weighted by Crippen LogP contribution is -2.44. The van der Waals surface area contributed by atoms with Gasteiger partial charge in [-0.25, -0.2) is 4.79 Å². The smallest absolute Gasteiger partial charge is 0.332 e. The van der Waals surface area contributed by atoms with Crippen LogP contribution in [0.5, 0.6) is 0 Å². The van der Waals surface area contributed by atoms with Gasteiger partial charge < -0.3 is 9.73 Å². The van der Waals surface area contributed by atoms with Gasteiger partial charge >= 0.3 is 5.69 Å². The molecule has 8 heteroatoms. The second-order valence-corrected chi connectivity index (χ2v) is 6.27. The summed E-state index contributed by atoms with van der Waals surface area (Å²) in [5, 5.41) is 3.44. The van der Waals surface area contributed by atoms with Crippen LogP contribution in [-0.4, -0.2) is 15.0 Å². The molecule has 0 unspecified atom stereocenters. The summed E-state index contributed by atoms with van der Waals surface area (Å²) in [7, 11) is 0. The largest absolute Gasteiger partial charge is 0.467 e. The normalized spacial score (nSPS) is 12.3. The van der Waals surface area contributed by atoms with Crippen LogP contribution < -0.4 is 16.6 Å². The quantitative estimate of drug-likeness (QED) is 0.741. The number of carbonyl (C=O) groups is 1. The number of amides is 1. The maximum absolute atomic E-state index is 12.8. The van der Waals surface area contributed by atoms with Crippen molar-refractivity contribution < 1.29 is 9.21 Å². The third-order valence-corrected chi connectivity index (χ3v) is 4.47. The number of nitrogens with zero attached hydrogens (tertiary/aromatic N) is 2. The van der Waals surface area contributed by atoms with Gasteiger partial charge in [-0.2, -0.15) is 0 Å². The molecule has 0 radical (unpaired) electrons. The number of aromatic nitrogens is 2. The molecule has 2 aromatic heterocycles. The molecule has 3 rings (SSSR count). The van der Waals surface area contributed by atoms with E-state index in [4.69, 9.17) is 16.0 Å². The summed E-state index contributed by atoms with van der Waals surface area (Å²) < 4.78 is 7.58. The fraction of sp³-hybridized carbons (Fsp3) is 0.278. The minimum absolute atomic E-state index is 0.205. The van der Waals surface area contributed by atoms with Gasteiger partial charge in [-0.1, -0.05) is 11.6 Å². The molecular formula is C18H18ClN3O4. The first-order valence-corrected chi connectivity index (χ1v) is 8.56. The van der Waals surface area contributed by atoms with Crippen LogP contribution in [0.4, 0.5) is 0 Å².